The topological polar surface area (TPSA) is 43.4 Å². The molecule has 0 aromatic heterocycles. The molecule has 0 bridgehead atoms. The van der Waals surface area contributed by atoms with Crippen LogP contribution in [-0.4, -0.2) is 19.4 Å². The van der Waals surface area contributed by atoms with Gasteiger partial charge in [-0.25, -0.2) is 4.79 Å². The van der Waals surface area contributed by atoms with Crippen LogP contribution in [0.25, 0.3) is 0 Å². The summed E-state index contributed by atoms with van der Waals surface area (Å²) < 4.78 is 4.62. The smallest absolute Gasteiger partial charge is 0.337 e. The molecule has 0 aliphatic heterocycles. The van der Waals surface area contributed by atoms with E-state index >= 15 is 0 Å². The lowest BCUT2D eigenvalue weighted by Gasteiger charge is -1.98. The number of esters is 1. The largest absolute Gasteiger partial charge is 0.465 e. The molecule has 0 saturated heterocycles. The van der Waals surface area contributed by atoms with E-state index in [1.54, 1.807) is 48.5 Å². The Morgan fingerprint density at radius 3 is 1.90 bits per heavy atom. The fourth-order valence-electron chi connectivity index (χ4n) is 1.60. The van der Waals surface area contributed by atoms with E-state index in [0.717, 1.165) is 17.4 Å². The fourth-order valence-corrected chi connectivity index (χ4v) is 1.60. The van der Waals surface area contributed by atoms with Gasteiger partial charge in [-0.3, -0.25) is 4.79 Å². The summed E-state index contributed by atoms with van der Waals surface area (Å²) in [4.78, 5) is 21.8. The van der Waals surface area contributed by atoms with E-state index < -0.39 is 0 Å². The van der Waals surface area contributed by atoms with Gasteiger partial charge in [0, 0.05) is 16.7 Å². The van der Waals surface area contributed by atoms with Crippen LogP contribution in [0, 0.1) is 11.8 Å². The summed E-state index contributed by atoms with van der Waals surface area (Å²) >= 11 is 0. The Morgan fingerprint density at radius 1 is 0.950 bits per heavy atom. The van der Waals surface area contributed by atoms with Crippen LogP contribution in [0.4, 0.5) is 0 Å². The maximum absolute atomic E-state index is 11.3. The predicted molar refractivity (Wildman–Crippen MR) is 75.6 cm³/mol. The lowest BCUT2D eigenvalue weighted by Crippen LogP contribution is -2.00. The molecule has 2 aromatic carbocycles. The summed E-state index contributed by atoms with van der Waals surface area (Å²) in [6, 6.07) is 13.9. The van der Waals surface area contributed by atoms with Crippen molar-refractivity contribution in [3.8, 4) is 11.8 Å². The second-order valence-corrected chi connectivity index (χ2v) is 4.06. The van der Waals surface area contributed by atoms with Crippen LogP contribution in [-0.2, 0) is 4.74 Å². The molecule has 0 radical (unpaired) electrons. The number of carbonyl (C=O) groups is 2. The molecule has 0 amide bonds. The van der Waals surface area contributed by atoms with Crippen molar-refractivity contribution in [2.75, 3.05) is 7.11 Å². The molecular weight excluding hydrogens is 252 g/mol. The van der Waals surface area contributed by atoms with E-state index in [4.69, 9.17) is 0 Å². The van der Waals surface area contributed by atoms with Crippen LogP contribution in [0.2, 0.25) is 0 Å². The molecule has 0 spiro atoms. The monoisotopic (exact) mass is 264 g/mol. The third-order valence-electron chi connectivity index (χ3n) is 2.70. The Kier molecular flexibility index (Phi) is 4.31. The molecule has 0 saturated carbocycles. The normalized spacial score (nSPS) is 9.25. The summed E-state index contributed by atoms with van der Waals surface area (Å²) in [7, 11) is 1.35. The number of methoxy groups -OCH3 is 1. The Hall–Kier alpha value is -2.86. The molecule has 0 heterocycles. The zero-order valence-electron chi connectivity index (χ0n) is 10.9. The minimum atomic E-state index is -0.367. The lowest BCUT2D eigenvalue weighted by atomic mass is 10.1. The number of carbonyl (C=O) groups excluding carboxylic acids is 2. The van der Waals surface area contributed by atoms with Gasteiger partial charge in [0.1, 0.15) is 6.29 Å². The van der Waals surface area contributed by atoms with Crippen molar-refractivity contribution in [3.63, 3.8) is 0 Å². The SMILES string of the molecule is COC(=O)c1ccc(C#Cc2ccc(C=O)cc2)cc1. The van der Waals surface area contributed by atoms with Gasteiger partial charge in [-0.15, -0.1) is 0 Å². The summed E-state index contributed by atoms with van der Waals surface area (Å²) in [5, 5.41) is 0. The number of benzene rings is 2. The van der Waals surface area contributed by atoms with E-state index in [-0.39, 0.29) is 5.97 Å². The highest BCUT2D eigenvalue weighted by atomic mass is 16.5. The van der Waals surface area contributed by atoms with E-state index in [9.17, 15) is 9.59 Å². The first-order valence-corrected chi connectivity index (χ1v) is 5.98. The Morgan fingerprint density at radius 2 is 1.45 bits per heavy atom. The van der Waals surface area contributed by atoms with Crippen molar-refractivity contribution in [1.82, 2.24) is 0 Å². The van der Waals surface area contributed by atoms with Crippen LogP contribution < -0.4 is 0 Å². The first-order chi connectivity index (χ1) is 9.72. The van der Waals surface area contributed by atoms with Gasteiger partial charge < -0.3 is 4.74 Å². The van der Waals surface area contributed by atoms with Gasteiger partial charge in [-0.1, -0.05) is 24.0 Å². The Labute approximate surface area is 117 Å². The summed E-state index contributed by atoms with van der Waals surface area (Å²) in [5.74, 6) is 5.62. The van der Waals surface area contributed by atoms with Gasteiger partial charge in [-0.2, -0.15) is 0 Å². The zero-order chi connectivity index (χ0) is 14.4. The van der Waals surface area contributed by atoms with E-state index in [1.807, 2.05) is 0 Å². The molecule has 3 nitrogen and oxygen atoms in total. The molecule has 0 aliphatic rings. The molecule has 0 N–H and O–H groups in total. The maximum atomic E-state index is 11.3. The van der Waals surface area contributed by atoms with Crippen molar-refractivity contribution in [1.29, 1.82) is 0 Å². The van der Waals surface area contributed by atoms with Crippen LogP contribution >= 0.6 is 0 Å². The van der Waals surface area contributed by atoms with E-state index in [2.05, 4.69) is 16.6 Å². The maximum Gasteiger partial charge on any atom is 0.337 e. The summed E-state index contributed by atoms with van der Waals surface area (Å²) in [6.45, 7) is 0. The first-order valence-electron chi connectivity index (χ1n) is 5.98. The summed E-state index contributed by atoms with van der Waals surface area (Å²) in [5.41, 5.74) is 2.75. The van der Waals surface area contributed by atoms with Crippen molar-refractivity contribution < 1.29 is 14.3 Å². The highest BCUT2D eigenvalue weighted by molar-refractivity contribution is 5.89. The van der Waals surface area contributed by atoms with Gasteiger partial charge in [0.2, 0.25) is 0 Å². The molecule has 0 atom stereocenters. The first kappa shape index (κ1) is 13.6. The molecule has 0 unspecified atom stereocenters. The number of hydrogen-bond acceptors (Lipinski definition) is 3. The third kappa shape index (κ3) is 3.33. The third-order valence-corrected chi connectivity index (χ3v) is 2.70. The highest BCUT2D eigenvalue weighted by Gasteiger charge is 2.02. The van der Waals surface area contributed by atoms with Gasteiger partial charge in [0.05, 0.1) is 12.7 Å². The van der Waals surface area contributed by atoms with Crippen LogP contribution in [0.5, 0.6) is 0 Å². The predicted octanol–water partition coefficient (Wildman–Crippen LogP) is 2.69. The van der Waals surface area contributed by atoms with Gasteiger partial charge >= 0.3 is 5.97 Å². The molecule has 0 fully saturated rings. The number of aldehydes is 1. The molecule has 0 aliphatic carbocycles. The molecule has 2 aromatic rings. The Bertz CT molecular complexity index is 671. The molecule has 2 rings (SSSR count). The van der Waals surface area contributed by atoms with Crippen molar-refractivity contribution in [2.45, 2.75) is 0 Å². The van der Waals surface area contributed by atoms with Crippen LogP contribution in [0.15, 0.2) is 48.5 Å². The standard InChI is InChI=1S/C17H12O3/c1-20-17(19)16-10-8-14(9-11-16)3-2-13-4-6-15(12-18)7-5-13/h4-12H,1H3. The second-order valence-electron chi connectivity index (χ2n) is 4.06. The molecular formula is C17H12O3. The molecule has 3 heteroatoms. The van der Waals surface area contributed by atoms with Gasteiger partial charge in [0.25, 0.3) is 0 Å². The summed E-state index contributed by atoms with van der Waals surface area (Å²) in [6.07, 6.45) is 0.794. The average molecular weight is 264 g/mol. The van der Waals surface area contributed by atoms with Gasteiger partial charge in [-0.05, 0) is 36.4 Å². The minimum absolute atomic E-state index is 0.367. The fraction of sp³-hybridized carbons (Fsp3) is 0.0588. The van der Waals surface area contributed by atoms with Crippen molar-refractivity contribution >= 4 is 12.3 Å². The second kappa shape index (κ2) is 6.35. The van der Waals surface area contributed by atoms with Gasteiger partial charge in [0.15, 0.2) is 0 Å². The zero-order valence-corrected chi connectivity index (χ0v) is 10.9. The van der Waals surface area contributed by atoms with Crippen LogP contribution in [0.1, 0.15) is 31.8 Å². The Balaban J connectivity index is 2.15. The van der Waals surface area contributed by atoms with E-state index in [0.29, 0.717) is 11.1 Å². The highest BCUT2D eigenvalue weighted by Crippen LogP contribution is 2.06. The number of hydrogen-bond donors (Lipinski definition) is 0. The van der Waals surface area contributed by atoms with E-state index in [1.165, 1.54) is 7.11 Å². The lowest BCUT2D eigenvalue weighted by molar-refractivity contribution is 0.0600. The average Bonchev–Trinajstić information content (AvgIpc) is 2.53. The number of rotatable bonds is 2. The molecule has 98 valence electrons. The number of ether oxygens (including phenoxy) is 1. The van der Waals surface area contributed by atoms with Crippen LogP contribution in [0.3, 0.4) is 0 Å². The van der Waals surface area contributed by atoms with Crippen molar-refractivity contribution in [3.05, 3.63) is 70.8 Å². The minimum Gasteiger partial charge on any atom is -0.465 e. The molecule has 20 heavy (non-hydrogen) atoms. The van der Waals surface area contributed by atoms with Crippen molar-refractivity contribution in [2.24, 2.45) is 0 Å². The quantitative estimate of drug-likeness (QED) is 0.476.